The molecule has 0 atom stereocenters. The molecule has 1 heterocycles. The second-order valence-electron chi connectivity index (χ2n) is 8.09. The molecule has 174 valence electrons. The molecule has 3 rings (SSSR count). The van der Waals surface area contributed by atoms with Crippen molar-refractivity contribution in [2.45, 2.75) is 41.0 Å². The van der Waals surface area contributed by atoms with Crippen LogP contribution in [0.15, 0.2) is 75.0 Å². The first kappa shape index (κ1) is 25.5. The number of allylic oxidation sites excluding steroid dienone is 3. The first-order chi connectivity index (χ1) is 15.6. The summed E-state index contributed by atoms with van der Waals surface area (Å²) in [6.45, 7) is 9.82. The Balaban J connectivity index is 0.000000238. The molecule has 0 aliphatic carbocycles. The zero-order valence-electron chi connectivity index (χ0n) is 19.6. The number of ether oxygens (including phenoxy) is 1. The maximum atomic E-state index is 11.1. The number of ketones is 1. The highest BCUT2D eigenvalue weighted by atomic mass is 16.5. The second kappa shape index (κ2) is 11.7. The van der Waals surface area contributed by atoms with E-state index in [1.54, 1.807) is 24.3 Å². The highest BCUT2D eigenvalue weighted by Gasteiger charge is 2.07. The summed E-state index contributed by atoms with van der Waals surface area (Å²) in [5.41, 5.74) is 3.73. The van der Waals surface area contributed by atoms with Crippen molar-refractivity contribution in [1.29, 1.82) is 0 Å². The second-order valence-corrected chi connectivity index (χ2v) is 8.09. The molecule has 0 unspecified atom stereocenters. The fourth-order valence-corrected chi connectivity index (χ4v) is 2.78. The van der Waals surface area contributed by atoms with Crippen LogP contribution in [0.5, 0.6) is 17.2 Å². The molecular weight excluding hydrogens is 420 g/mol. The predicted octanol–water partition coefficient (Wildman–Crippen LogP) is 5.95. The van der Waals surface area contributed by atoms with Gasteiger partial charge in [0, 0.05) is 23.1 Å². The molecule has 1 aromatic heterocycles. The van der Waals surface area contributed by atoms with Gasteiger partial charge in [0.1, 0.15) is 17.9 Å². The fraction of sp³-hybridized carbons (Fsp3) is 0.259. The number of phenolic OH excluding ortho intramolecular Hbond substituents is 2. The molecule has 6 heteroatoms. The van der Waals surface area contributed by atoms with E-state index >= 15 is 0 Å². The van der Waals surface area contributed by atoms with Crippen molar-refractivity contribution in [3.8, 4) is 17.2 Å². The van der Waals surface area contributed by atoms with Crippen LogP contribution in [0.2, 0.25) is 0 Å². The molecule has 0 aliphatic rings. The van der Waals surface area contributed by atoms with Gasteiger partial charge >= 0.3 is 5.63 Å². The summed E-state index contributed by atoms with van der Waals surface area (Å²) >= 11 is 0. The minimum atomic E-state index is -0.427. The number of aromatic hydroxyl groups is 2. The van der Waals surface area contributed by atoms with Gasteiger partial charge in [0.05, 0.1) is 0 Å². The zero-order valence-corrected chi connectivity index (χ0v) is 19.6. The van der Waals surface area contributed by atoms with E-state index in [2.05, 4.69) is 0 Å². The van der Waals surface area contributed by atoms with Crippen LogP contribution in [-0.4, -0.2) is 22.6 Å². The van der Waals surface area contributed by atoms with Crippen LogP contribution in [0, 0.1) is 0 Å². The van der Waals surface area contributed by atoms with Crippen LogP contribution >= 0.6 is 0 Å². The smallest absolute Gasteiger partial charge is 0.336 e. The van der Waals surface area contributed by atoms with Gasteiger partial charge in [-0.3, -0.25) is 4.79 Å². The molecule has 0 fully saturated rings. The van der Waals surface area contributed by atoms with Crippen LogP contribution in [0.1, 0.15) is 50.5 Å². The van der Waals surface area contributed by atoms with Crippen molar-refractivity contribution in [2.24, 2.45) is 0 Å². The molecule has 0 saturated carbocycles. The summed E-state index contributed by atoms with van der Waals surface area (Å²) in [6, 6.07) is 10.9. The van der Waals surface area contributed by atoms with Gasteiger partial charge in [-0.2, -0.15) is 0 Å². The molecule has 2 aromatic carbocycles. The van der Waals surface area contributed by atoms with E-state index in [1.165, 1.54) is 30.7 Å². The standard InChI is InChI=1S/C14H14O4.C13H16O2/c1-9(2)5-6-17-13-8-12-10(7-11(13)15)3-4-14(16)18-12;1-9(2)4-5-12-8-11(10(3)14)6-7-13(12)15/h3-5,7-8,15H,6H2,1-2H3;4,6-8,15H,5H2,1-3H3. The number of rotatable bonds is 6. The Morgan fingerprint density at radius 1 is 0.909 bits per heavy atom. The van der Waals surface area contributed by atoms with Crippen molar-refractivity contribution in [3.63, 3.8) is 0 Å². The number of carbonyl (C=O) groups is 1. The molecule has 0 saturated heterocycles. The SMILES string of the molecule is CC(=O)c1ccc(O)c(CC=C(C)C)c1.CC(C)=CCOc1cc2oc(=O)ccc2cc1O. The van der Waals surface area contributed by atoms with Crippen molar-refractivity contribution < 1.29 is 24.2 Å². The van der Waals surface area contributed by atoms with Crippen LogP contribution in [0.4, 0.5) is 0 Å². The number of hydrogen-bond donors (Lipinski definition) is 2. The van der Waals surface area contributed by atoms with E-state index < -0.39 is 5.63 Å². The lowest BCUT2D eigenvalue weighted by Gasteiger charge is -2.07. The lowest BCUT2D eigenvalue weighted by atomic mass is 10.0. The topological polar surface area (TPSA) is 97.0 Å². The molecule has 2 N–H and O–H groups in total. The van der Waals surface area contributed by atoms with Gasteiger partial charge in [0.25, 0.3) is 0 Å². The highest BCUT2D eigenvalue weighted by molar-refractivity contribution is 5.94. The van der Waals surface area contributed by atoms with E-state index in [0.29, 0.717) is 35.3 Å². The number of phenols is 2. The number of fused-ring (bicyclic) bond motifs is 1. The predicted molar refractivity (Wildman–Crippen MR) is 130 cm³/mol. The number of hydrogen-bond acceptors (Lipinski definition) is 6. The minimum Gasteiger partial charge on any atom is -0.508 e. The number of benzene rings is 2. The highest BCUT2D eigenvalue weighted by Crippen LogP contribution is 2.30. The summed E-state index contributed by atoms with van der Waals surface area (Å²) < 4.78 is 10.4. The molecule has 0 amide bonds. The van der Waals surface area contributed by atoms with Crippen LogP contribution in [0.25, 0.3) is 11.0 Å². The monoisotopic (exact) mass is 450 g/mol. The Morgan fingerprint density at radius 2 is 1.61 bits per heavy atom. The maximum absolute atomic E-state index is 11.1. The Bertz CT molecular complexity index is 1240. The first-order valence-electron chi connectivity index (χ1n) is 10.6. The zero-order chi connectivity index (χ0) is 24.5. The van der Waals surface area contributed by atoms with Crippen molar-refractivity contribution in [2.75, 3.05) is 6.61 Å². The van der Waals surface area contributed by atoms with E-state index in [4.69, 9.17) is 9.15 Å². The average Bonchev–Trinajstić information content (AvgIpc) is 2.73. The largest absolute Gasteiger partial charge is 0.508 e. The summed E-state index contributed by atoms with van der Waals surface area (Å²) in [7, 11) is 0. The van der Waals surface area contributed by atoms with E-state index in [0.717, 1.165) is 11.1 Å². The van der Waals surface area contributed by atoms with Crippen LogP contribution < -0.4 is 10.4 Å². The van der Waals surface area contributed by atoms with E-state index in [1.807, 2.05) is 39.8 Å². The van der Waals surface area contributed by atoms with E-state index in [-0.39, 0.29) is 17.3 Å². The van der Waals surface area contributed by atoms with E-state index in [9.17, 15) is 19.8 Å². The molecule has 6 nitrogen and oxygen atoms in total. The van der Waals surface area contributed by atoms with Crippen LogP contribution in [0.3, 0.4) is 0 Å². The van der Waals surface area contributed by atoms with Crippen molar-refractivity contribution in [1.82, 2.24) is 0 Å². The third-order valence-corrected chi connectivity index (χ3v) is 4.65. The van der Waals surface area contributed by atoms with Gasteiger partial charge in [0.15, 0.2) is 17.3 Å². The molecule has 0 aliphatic heterocycles. The average molecular weight is 451 g/mol. The maximum Gasteiger partial charge on any atom is 0.336 e. The van der Waals surface area contributed by atoms with Crippen molar-refractivity contribution in [3.05, 3.63) is 87.3 Å². The first-order valence-corrected chi connectivity index (χ1v) is 10.6. The molecule has 33 heavy (non-hydrogen) atoms. The van der Waals surface area contributed by atoms with Gasteiger partial charge < -0.3 is 19.4 Å². The summed E-state index contributed by atoms with van der Waals surface area (Å²) in [6.07, 6.45) is 4.58. The Hall–Kier alpha value is -3.80. The van der Waals surface area contributed by atoms with Gasteiger partial charge in [-0.15, -0.1) is 0 Å². The van der Waals surface area contributed by atoms with Crippen molar-refractivity contribution >= 4 is 16.8 Å². The Morgan fingerprint density at radius 3 is 2.24 bits per heavy atom. The summed E-state index contributed by atoms with van der Waals surface area (Å²) in [4.78, 5) is 22.3. The molecule has 0 spiro atoms. The molecule has 0 bridgehead atoms. The third-order valence-electron chi connectivity index (χ3n) is 4.65. The number of Topliss-reactive ketones (excluding diaryl/α,β-unsaturated/α-hetero) is 1. The molecule has 3 aromatic rings. The summed E-state index contributed by atoms with van der Waals surface area (Å²) in [5.74, 6) is 0.596. The normalized spacial score (nSPS) is 10.1. The quantitative estimate of drug-likeness (QED) is 0.274. The van der Waals surface area contributed by atoms with Gasteiger partial charge in [-0.25, -0.2) is 4.79 Å². The third kappa shape index (κ3) is 8.00. The lowest BCUT2D eigenvalue weighted by Crippen LogP contribution is -1.97. The fourth-order valence-electron chi connectivity index (χ4n) is 2.78. The Kier molecular flexibility index (Phi) is 9.04. The minimum absolute atomic E-state index is 0.0217. The van der Waals surface area contributed by atoms with Gasteiger partial charge in [0.2, 0.25) is 0 Å². The van der Waals surface area contributed by atoms with Gasteiger partial charge in [-0.1, -0.05) is 17.2 Å². The molecule has 0 radical (unpaired) electrons. The lowest BCUT2D eigenvalue weighted by molar-refractivity contribution is 0.101. The summed E-state index contributed by atoms with van der Waals surface area (Å²) in [5, 5.41) is 20.0. The van der Waals surface area contributed by atoms with Gasteiger partial charge in [-0.05, 0) is 83.0 Å². The molecular formula is C27H30O6. The van der Waals surface area contributed by atoms with Crippen LogP contribution in [-0.2, 0) is 6.42 Å². The Labute approximate surface area is 193 Å². The number of carbonyl (C=O) groups excluding carboxylic acids is 1.